The molecule has 0 spiro atoms. The van der Waals surface area contributed by atoms with E-state index < -0.39 is 11.4 Å². The Morgan fingerprint density at radius 3 is 2.56 bits per heavy atom. The number of carboxylic acid groups (broad SMARTS) is 1. The van der Waals surface area contributed by atoms with Crippen molar-refractivity contribution < 1.29 is 14.6 Å². The quantitative estimate of drug-likeness (QED) is 0.847. The minimum absolute atomic E-state index is 0.516. The van der Waals surface area contributed by atoms with Gasteiger partial charge < -0.3 is 9.84 Å². The number of aromatic nitrogens is 1. The fraction of sp³-hybridized carbons (Fsp3) is 0.500. The zero-order chi connectivity index (χ0) is 11.6. The van der Waals surface area contributed by atoms with Crippen LogP contribution < -0.4 is 4.74 Å². The van der Waals surface area contributed by atoms with Crippen molar-refractivity contribution in [1.29, 1.82) is 0 Å². The first-order valence-electron chi connectivity index (χ1n) is 5.43. The third kappa shape index (κ3) is 1.64. The number of aliphatic carboxylic acids is 1. The maximum Gasteiger partial charge on any atom is 0.314 e. The number of carboxylic acids is 1. The molecule has 1 aromatic rings. The van der Waals surface area contributed by atoms with E-state index in [2.05, 4.69) is 4.98 Å². The van der Waals surface area contributed by atoms with E-state index in [1.807, 2.05) is 6.07 Å². The second-order valence-corrected chi connectivity index (χ2v) is 4.18. The van der Waals surface area contributed by atoms with Crippen molar-refractivity contribution in [2.45, 2.75) is 31.1 Å². The second kappa shape index (κ2) is 4.12. The fourth-order valence-corrected chi connectivity index (χ4v) is 2.39. The Hall–Kier alpha value is -1.58. The normalized spacial score (nSPS) is 18.3. The van der Waals surface area contributed by atoms with Gasteiger partial charge in [0.1, 0.15) is 0 Å². The highest BCUT2D eigenvalue weighted by Gasteiger charge is 2.43. The van der Waals surface area contributed by atoms with Crippen LogP contribution in [-0.4, -0.2) is 23.2 Å². The lowest BCUT2D eigenvalue weighted by Gasteiger charge is -2.23. The molecule has 1 saturated carbocycles. The summed E-state index contributed by atoms with van der Waals surface area (Å²) in [6.45, 7) is 0. The Balaban J connectivity index is 2.36. The summed E-state index contributed by atoms with van der Waals surface area (Å²) in [6.07, 6.45) is 4.97. The van der Waals surface area contributed by atoms with Crippen molar-refractivity contribution >= 4 is 5.97 Å². The summed E-state index contributed by atoms with van der Waals surface area (Å²) >= 11 is 0. The topological polar surface area (TPSA) is 59.4 Å². The molecule has 0 bridgehead atoms. The zero-order valence-electron chi connectivity index (χ0n) is 9.27. The lowest BCUT2D eigenvalue weighted by atomic mass is 9.80. The van der Waals surface area contributed by atoms with Gasteiger partial charge in [-0.1, -0.05) is 18.9 Å². The first-order chi connectivity index (χ1) is 7.69. The molecular weight excluding hydrogens is 206 g/mol. The van der Waals surface area contributed by atoms with Gasteiger partial charge in [-0.15, -0.1) is 0 Å². The summed E-state index contributed by atoms with van der Waals surface area (Å²) in [5.74, 6) is -0.223. The van der Waals surface area contributed by atoms with Crippen LogP contribution in [0.25, 0.3) is 0 Å². The molecule has 1 heterocycles. The molecule has 2 rings (SSSR count). The van der Waals surface area contributed by atoms with Crippen LogP contribution in [0.2, 0.25) is 0 Å². The van der Waals surface area contributed by atoms with Crippen LogP contribution in [0.15, 0.2) is 18.3 Å². The highest BCUT2D eigenvalue weighted by molar-refractivity contribution is 5.81. The summed E-state index contributed by atoms with van der Waals surface area (Å²) in [5, 5.41) is 9.38. The molecule has 0 amide bonds. The molecule has 0 aliphatic heterocycles. The molecule has 1 aliphatic rings. The lowest BCUT2D eigenvalue weighted by Crippen LogP contribution is -2.32. The summed E-state index contributed by atoms with van der Waals surface area (Å²) in [6, 6.07) is 3.53. The van der Waals surface area contributed by atoms with E-state index in [-0.39, 0.29) is 0 Å². The average molecular weight is 221 g/mol. The van der Waals surface area contributed by atoms with Gasteiger partial charge in [0.2, 0.25) is 5.88 Å². The third-order valence-corrected chi connectivity index (χ3v) is 3.36. The molecule has 16 heavy (non-hydrogen) atoms. The van der Waals surface area contributed by atoms with Crippen LogP contribution in [0.3, 0.4) is 0 Å². The number of pyridine rings is 1. The van der Waals surface area contributed by atoms with E-state index in [9.17, 15) is 9.90 Å². The minimum Gasteiger partial charge on any atom is -0.481 e. The average Bonchev–Trinajstić information content (AvgIpc) is 2.79. The summed E-state index contributed by atoms with van der Waals surface area (Å²) in [5.41, 5.74) is 0.0671. The van der Waals surface area contributed by atoms with E-state index in [0.29, 0.717) is 18.7 Å². The number of ether oxygens (including phenoxy) is 1. The van der Waals surface area contributed by atoms with Gasteiger partial charge in [0.05, 0.1) is 12.5 Å². The van der Waals surface area contributed by atoms with E-state index in [1.165, 1.54) is 0 Å². The summed E-state index contributed by atoms with van der Waals surface area (Å²) in [4.78, 5) is 15.5. The Labute approximate surface area is 94.3 Å². The molecule has 1 fully saturated rings. The van der Waals surface area contributed by atoms with Crippen LogP contribution in [0.4, 0.5) is 0 Å². The summed E-state index contributed by atoms with van der Waals surface area (Å²) < 4.78 is 4.97. The van der Waals surface area contributed by atoms with Crippen molar-refractivity contribution in [2.24, 2.45) is 0 Å². The predicted octanol–water partition coefficient (Wildman–Crippen LogP) is 1.99. The van der Waals surface area contributed by atoms with Crippen LogP contribution in [0.1, 0.15) is 31.2 Å². The Kier molecular flexibility index (Phi) is 2.81. The van der Waals surface area contributed by atoms with Gasteiger partial charge >= 0.3 is 5.97 Å². The number of rotatable bonds is 3. The second-order valence-electron chi connectivity index (χ2n) is 4.18. The van der Waals surface area contributed by atoms with Gasteiger partial charge in [-0.05, 0) is 18.4 Å². The fourth-order valence-electron chi connectivity index (χ4n) is 2.39. The van der Waals surface area contributed by atoms with Gasteiger partial charge in [-0.2, -0.15) is 0 Å². The molecule has 0 aromatic carbocycles. The molecule has 4 nitrogen and oxygen atoms in total. The molecule has 0 saturated heterocycles. The molecule has 0 unspecified atom stereocenters. The first-order valence-corrected chi connectivity index (χ1v) is 5.43. The molecule has 0 atom stereocenters. The Morgan fingerprint density at radius 2 is 2.12 bits per heavy atom. The molecule has 86 valence electrons. The number of carbonyl (C=O) groups is 1. The minimum atomic E-state index is -0.739. The number of nitrogens with zero attached hydrogens (tertiary/aromatic N) is 1. The van der Waals surface area contributed by atoms with Gasteiger partial charge in [-0.3, -0.25) is 4.79 Å². The number of hydrogen-bond donors (Lipinski definition) is 1. The van der Waals surface area contributed by atoms with Crippen molar-refractivity contribution in [2.75, 3.05) is 7.11 Å². The largest absolute Gasteiger partial charge is 0.481 e. The Bertz CT molecular complexity index is 380. The van der Waals surface area contributed by atoms with E-state index in [4.69, 9.17) is 4.74 Å². The molecule has 4 heteroatoms. The maximum absolute atomic E-state index is 11.4. The van der Waals surface area contributed by atoms with E-state index in [1.54, 1.807) is 19.4 Å². The van der Waals surface area contributed by atoms with Gasteiger partial charge in [0, 0.05) is 12.3 Å². The molecule has 1 aliphatic carbocycles. The van der Waals surface area contributed by atoms with Gasteiger partial charge in [0.15, 0.2) is 0 Å². The van der Waals surface area contributed by atoms with E-state index >= 15 is 0 Å². The van der Waals surface area contributed by atoms with Crippen molar-refractivity contribution in [3.05, 3.63) is 23.9 Å². The van der Waals surface area contributed by atoms with Crippen LogP contribution in [0, 0.1) is 0 Å². The van der Waals surface area contributed by atoms with Crippen molar-refractivity contribution in [3.63, 3.8) is 0 Å². The monoisotopic (exact) mass is 221 g/mol. The SMILES string of the molecule is COc1ccc(C2(C(=O)O)CCCC2)cn1. The molecule has 1 aromatic heterocycles. The van der Waals surface area contributed by atoms with E-state index in [0.717, 1.165) is 18.4 Å². The molecular formula is C12H15NO3. The highest BCUT2D eigenvalue weighted by Crippen LogP contribution is 2.41. The van der Waals surface area contributed by atoms with Crippen LogP contribution >= 0.6 is 0 Å². The molecule has 0 radical (unpaired) electrons. The van der Waals surface area contributed by atoms with Crippen molar-refractivity contribution in [1.82, 2.24) is 4.98 Å². The van der Waals surface area contributed by atoms with Crippen LogP contribution in [-0.2, 0) is 10.2 Å². The van der Waals surface area contributed by atoms with Gasteiger partial charge in [-0.25, -0.2) is 4.98 Å². The smallest absolute Gasteiger partial charge is 0.314 e. The summed E-state index contributed by atoms with van der Waals surface area (Å²) in [7, 11) is 1.55. The van der Waals surface area contributed by atoms with Crippen molar-refractivity contribution in [3.8, 4) is 5.88 Å². The standard InChI is InChI=1S/C12H15NO3/c1-16-10-5-4-9(8-13-10)12(11(14)15)6-2-3-7-12/h4-5,8H,2-3,6-7H2,1H3,(H,14,15). The van der Waals surface area contributed by atoms with Gasteiger partial charge in [0.25, 0.3) is 0 Å². The number of hydrogen-bond acceptors (Lipinski definition) is 3. The lowest BCUT2D eigenvalue weighted by molar-refractivity contribution is -0.143. The molecule has 1 N–H and O–H groups in total. The number of methoxy groups -OCH3 is 1. The predicted molar refractivity (Wildman–Crippen MR) is 58.6 cm³/mol. The zero-order valence-corrected chi connectivity index (χ0v) is 9.27. The highest BCUT2D eigenvalue weighted by atomic mass is 16.5. The maximum atomic E-state index is 11.4. The third-order valence-electron chi connectivity index (χ3n) is 3.36. The Morgan fingerprint density at radius 1 is 1.44 bits per heavy atom. The van der Waals surface area contributed by atoms with Crippen LogP contribution in [0.5, 0.6) is 5.88 Å². The first kappa shape index (κ1) is 10.9.